The minimum Gasteiger partial charge on any atom is -0.271 e. The Balaban J connectivity index is 0.000000260. The summed E-state index contributed by atoms with van der Waals surface area (Å²) in [4.78, 5) is 0. The van der Waals surface area contributed by atoms with E-state index in [1.54, 1.807) is 4.72 Å². The molecule has 0 bridgehead atoms. The molecule has 6 N–H and O–H groups in total. The van der Waals surface area contributed by atoms with Gasteiger partial charge in [-0.1, -0.05) is 12.1 Å². The first-order valence-corrected chi connectivity index (χ1v) is 15.2. The molecule has 0 atom stereocenters. The van der Waals surface area contributed by atoms with Crippen LogP contribution >= 0.6 is 0 Å². The SMILES string of the molecule is NS(=O)(=O)Nc1cc(F)c(-c2ccc(C(F)(F)F)c(F)c2)c(F)c1.NS(=O)(=O)Nc1cc(F)c(-c2ccc(C(F)(F)F)c(F)c2)cc1F. The number of nitrogens with one attached hydrogen (secondary N) is 2. The van der Waals surface area contributed by atoms with Crippen molar-refractivity contribution in [3.05, 3.63) is 107 Å². The van der Waals surface area contributed by atoms with Crippen LogP contribution in [-0.4, -0.2) is 16.8 Å². The Labute approximate surface area is 262 Å². The van der Waals surface area contributed by atoms with Crippen molar-refractivity contribution in [2.24, 2.45) is 10.3 Å². The molecule has 0 amide bonds. The lowest BCUT2D eigenvalue weighted by Crippen LogP contribution is -2.22. The highest BCUT2D eigenvalue weighted by molar-refractivity contribution is 7.90. The van der Waals surface area contributed by atoms with Gasteiger partial charge in [0.15, 0.2) is 0 Å². The van der Waals surface area contributed by atoms with Gasteiger partial charge in [-0.2, -0.15) is 43.2 Å². The molecule has 0 spiro atoms. The van der Waals surface area contributed by atoms with Gasteiger partial charge in [0.2, 0.25) is 0 Å². The van der Waals surface area contributed by atoms with Crippen molar-refractivity contribution in [3.8, 4) is 22.3 Å². The number of nitrogens with two attached hydrogens (primary N) is 2. The van der Waals surface area contributed by atoms with Crippen LogP contribution < -0.4 is 19.7 Å². The van der Waals surface area contributed by atoms with Crippen LogP contribution in [0.15, 0.2) is 60.7 Å². The molecule has 4 rings (SSSR count). The predicted molar refractivity (Wildman–Crippen MR) is 147 cm³/mol. The first-order valence-electron chi connectivity index (χ1n) is 12.1. The van der Waals surface area contributed by atoms with Crippen molar-refractivity contribution < 1.29 is 69.5 Å². The molecule has 22 heteroatoms. The second-order valence-electron chi connectivity index (χ2n) is 9.31. The van der Waals surface area contributed by atoms with Crippen molar-refractivity contribution in [2.45, 2.75) is 12.4 Å². The lowest BCUT2D eigenvalue weighted by molar-refractivity contribution is -0.140. The van der Waals surface area contributed by atoms with Gasteiger partial charge in [0, 0.05) is 11.6 Å². The topological polar surface area (TPSA) is 144 Å². The maximum Gasteiger partial charge on any atom is 0.419 e. The van der Waals surface area contributed by atoms with E-state index >= 15 is 0 Å². The van der Waals surface area contributed by atoms with E-state index in [2.05, 4.69) is 10.3 Å². The van der Waals surface area contributed by atoms with Crippen LogP contribution in [0, 0.1) is 34.9 Å². The van der Waals surface area contributed by atoms with Gasteiger partial charge in [0.05, 0.1) is 28.1 Å². The molecule has 0 aliphatic rings. The fourth-order valence-electron chi connectivity index (χ4n) is 3.88. The molecule has 8 nitrogen and oxygen atoms in total. The number of halogens is 12. The fraction of sp³-hybridized carbons (Fsp3) is 0.0769. The predicted octanol–water partition coefficient (Wildman–Crippen LogP) is 6.81. The smallest absolute Gasteiger partial charge is 0.271 e. The van der Waals surface area contributed by atoms with Crippen LogP contribution in [0.25, 0.3) is 22.3 Å². The van der Waals surface area contributed by atoms with Gasteiger partial charge in [0.25, 0.3) is 20.4 Å². The normalized spacial score (nSPS) is 12.3. The summed E-state index contributed by atoms with van der Waals surface area (Å²) in [5, 5.41) is 9.28. The summed E-state index contributed by atoms with van der Waals surface area (Å²) in [6.07, 6.45) is -9.89. The first-order chi connectivity index (χ1) is 21.8. The number of benzene rings is 4. The molecule has 0 aliphatic carbocycles. The van der Waals surface area contributed by atoms with E-state index in [0.717, 1.165) is 6.07 Å². The highest BCUT2D eigenvalue weighted by Gasteiger charge is 2.35. The minimum atomic E-state index is -4.96. The monoisotopic (exact) mass is 740 g/mol. The molecule has 0 saturated carbocycles. The van der Waals surface area contributed by atoms with Crippen molar-refractivity contribution in [3.63, 3.8) is 0 Å². The maximum absolute atomic E-state index is 14.0. The van der Waals surface area contributed by atoms with Gasteiger partial charge in [0.1, 0.15) is 34.9 Å². The van der Waals surface area contributed by atoms with E-state index in [9.17, 15) is 69.5 Å². The molecular weight excluding hydrogens is 724 g/mol. The van der Waals surface area contributed by atoms with Crippen LogP contribution in [0.5, 0.6) is 0 Å². The summed E-state index contributed by atoms with van der Waals surface area (Å²) in [6.45, 7) is 0. The zero-order valence-electron chi connectivity index (χ0n) is 22.9. The number of rotatable bonds is 6. The third kappa shape index (κ3) is 9.74. The molecule has 0 saturated heterocycles. The number of anilines is 2. The van der Waals surface area contributed by atoms with Gasteiger partial charge in [-0.15, -0.1) is 0 Å². The molecule has 0 aromatic heterocycles. The van der Waals surface area contributed by atoms with Crippen LogP contribution in [0.4, 0.5) is 64.1 Å². The zero-order valence-corrected chi connectivity index (χ0v) is 24.5. The summed E-state index contributed by atoms with van der Waals surface area (Å²) in [7, 11) is -8.65. The van der Waals surface area contributed by atoms with E-state index in [1.807, 2.05) is 0 Å². The zero-order chi connectivity index (χ0) is 36.6. The van der Waals surface area contributed by atoms with Crippen LogP contribution in [0.3, 0.4) is 0 Å². The molecule has 0 unspecified atom stereocenters. The van der Waals surface area contributed by atoms with Gasteiger partial charge < -0.3 is 0 Å². The molecule has 0 aliphatic heterocycles. The molecule has 0 fully saturated rings. The van der Waals surface area contributed by atoms with Gasteiger partial charge in [-0.05, 0) is 53.6 Å². The van der Waals surface area contributed by atoms with E-state index in [-0.39, 0.29) is 5.56 Å². The standard InChI is InChI=1S/2C13H8F6N2O2S/c14-9-5-12(21-24(20,22)23)11(16)4-7(9)6-1-2-8(10(15)3-6)13(17,18)19;14-9-3-6(1-2-8(9)13(17,18)19)12-10(15)4-7(5-11(12)16)21-24(20,22)23/h2*1-5,21H,(H2,20,22,23). The Kier molecular flexibility index (Phi) is 10.7. The minimum absolute atomic E-state index is 0.330. The molecular formula is C26H16F12N4O4S2. The second-order valence-corrected chi connectivity index (χ2v) is 11.9. The Morgan fingerprint density at radius 3 is 1.35 bits per heavy atom. The summed E-state index contributed by atoms with van der Waals surface area (Å²) >= 11 is 0. The van der Waals surface area contributed by atoms with E-state index in [0.29, 0.717) is 54.6 Å². The average molecular weight is 741 g/mol. The van der Waals surface area contributed by atoms with Gasteiger partial charge in [-0.3, -0.25) is 9.44 Å². The Morgan fingerprint density at radius 2 is 0.938 bits per heavy atom. The molecule has 260 valence electrons. The summed E-state index contributed by atoms with van der Waals surface area (Å²) < 4.78 is 204. The molecule has 4 aromatic carbocycles. The van der Waals surface area contributed by atoms with Crippen molar-refractivity contribution in [1.29, 1.82) is 0 Å². The molecule has 0 heterocycles. The van der Waals surface area contributed by atoms with Crippen LogP contribution in [-0.2, 0) is 32.8 Å². The van der Waals surface area contributed by atoms with E-state index < -0.39 is 107 Å². The average Bonchev–Trinajstić information content (AvgIpc) is 2.87. The van der Waals surface area contributed by atoms with Crippen LogP contribution in [0.2, 0.25) is 0 Å². The fourth-order valence-corrected chi connectivity index (χ4v) is 4.79. The first kappa shape index (κ1) is 37.9. The molecule has 4 aromatic rings. The maximum atomic E-state index is 14.0. The van der Waals surface area contributed by atoms with Gasteiger partial charge in [-0.25, -0.2) is 36.6 Å². The summed E-state index contributed by atoms with van der Waals surface area (Å²) in [6, 6.07) is 4.96. The van der Waals surface area contributed by atoms with E-state index in [4.69, 9.17) is 0 Å². The van der Waals surface area contributed by atoms with Crippen molar-refractivity contribution >= 4 is 31.8 Å². The number of alkyl halides is 6. The highest BCUT2D eigenvalue weighted by atomic mass is 32.2. The van der Waals surface area contributed by atoms with Gasteiger partial charge >= 0.3 is 12.4 Å². The second kappa shape index (κ2) is 13.5. The summed E-state index contributed by atoms with van der Waals surface area (Å²) in [5.41, 5.74) is -6.70. The lowest BCUT2D eigenvalue weighted by atomic mass is 10.0. The Morgan fingerprint density at radius 1 is 0.500 bits per heavy atom. The van der Waals surface area contributed by atoms with Crippen molar-refractivity contribution in [2.75, 3.05) is 9.44 Å². The Hall–Kier alpha value is -4.54. The quantitative estimate of drug-likeness (QED) is 0.161. The Bertz CT molecular complexity index is 2070. The highest BCUT2D eigenvalue weighted by Crippen LogP contribution is 2.37. The third-order valence-electron chi connectivity index (χ3n) is 5.76. The number of hydrogen-bond acceptors (Lipinski definition) is 4. The summed E-state index contributed by atoms with van der Waals surface area (Å²) in [5.74, 6) is -8.44. The molecule has 0 radical (unpaired) electrons. The van der Waals surface area contributed by atoms with E-state index in [1.165, 1.54) is 4.72 Å². The van der Waals surface area contributed by atoms with Crippen molar-refractivity contribution in [1.82, 2.24) is 0 Å². The van der Waals surface area contributed by atoms with Crippen LogP contribution in [0.1, 0.15) is 11.1 Å². The third-order valence-corrected chi connectivity index (χ3v) is 6.78. The lowest BCUT2D eigenvalue weighted by Gasteiger charge is -2.12. The number of hydrogen-bond donors (Lipinski definition) is 4. The molecule has 48 heavy (non-hydrogen) atoms. The largest absolute Gasteiger partial charge is 0.419 e.